The van der Waals surface area contributed by atoms with Gasteiger partial charge in [0.1, 0.15) is 23.0 Å². The van der Waals surface area contributed by atoms with Crippen molar-refractivity contribution in [3.63, 3.8) is 0 Å². The molecule has 5 heteroatoms. The summed E-state index contributed by atoms with van der Waals surface area (Å²) in [4.78, 5) is 12.2. The standard InChI is InChI=1S/C20H18O5/c1-22-16-7-4-13(5-8-16)19-11-15(20(21)25-19)10-14-6-9-17(23-2)12-18(14)24-3/h4-12H,1-3H3/b15-10+. The molecule has 0 atom stereocenters. The molecule has 1 aliphatic rings. The molecule has 1 heterocycles. The van der Waals surface area contributed by atoms with Crippen LogP contribution in [0.1, 0.15) is 11.1 Å². The van der Waals surface area contributed by atoms with Crippen LogP contribution in [0.3, 0.4) is 0 Å². The second-order valence-corrected chi connectivity index (χ2v) is 5.33. The van der Waals surface area contributed by atoms with Gasteiger partial charge in [-0.25, -0.2) is 4.79 Å². The van der Waals surface area contributed by atoms with Gasteiger partial charge in [0.25, 0.3) is 0 Å². The highest BCUT2D eigenvalue weighted by Gasteiger charge is 2.22. The number of carbonyl (C=O) groups is 1. The Balaban J connectivity index is 1.92. The van der Waals surface area contributed by atoms with Gasteiger partial charge >= 0.3 is 5.97 Å². The van der Waals surface area contributed by atoms with Gasteiger partial charge < -0.3 is 18.9 Å². The van der Waals surface area contributed by atoms with E-state index in [1.54, 1.807) is 39.5 Å². The summed E-state index contributed by atoms with van der Waals surface area (Å²) in [5, 5.41) is 0. The third-order valence-electron chi connectivity index (χ3n) is 3.85. The van der Waals surface area contributed by atoms with Gasteiger partial charge in [0, 0.05) is 17.2 Å². The van der Waals surface area contributed by atoms with E-state index in [9.17, 15) is 4.79 Å². The molecule has 0 amide bonds. The van der Waals surface area contributed by atoms with E-state index in [-0.39, 0.29) is 0 Å². The SMILES string of the molecule is COc1ccc(C2=C/C(=C\c3ccc(OC)cc3OC)C(=O)O2)cc1. The van der Waals surface area contributed by atoms with Crippen LogP contribution >= 0.6 is 0 Å². The summed E-state index contributed by atoms with van der Waals surface area (Å²) in [6, 6.07) is 12.7. The van der Waals surface area contributed by atoms with E-state index >= 15 is 0 Å². The predicted octanol–water partition coefficient (Wildman–Crippen LogP) is 3.69. The summed E-state index contributed by atoms with van der Waals surface area (Å²) < 4.78 is 21.0. The quantitative estimate of drug-likeness (QED) is 0.615. The Bertz CT molecular complexity index is 847. The van der Waals surface area contributed by atoms with Crippen LogP contribution < -0.4 is 14.2 Å². The van der Waals surface area contributed by atoms with Crippen molar-refractivity contribution in [2.45, 2.75) is 0 Å². The Morgan fingerprint density at radius 2 is 1.56 bits per heavy atom. The van der Waals surface area contributed by atoms with Crippen molar-refractivity contribution >= 4 is 17.8 Å². The second kappa shape index (κ2) is 7.13. The van der Waals surface area contributed by atoms with Gasteiger partial charge in [-0.05, 0) is 48.6 Å². The number of carbonyl (C=O) groups excluding carboxylic acids is 1. The number of esters is 1. The highest BCUT2D eigenvalue weighted by Crippen LogP contribution is 2.31. The van der Waals surface area contributed by atoms with Gasteiger partial charge in [0.2, 0.25) is 0 Å². The average Bonchev–Trinajstić information content (AvgIpc) is 3.02. The van der Waals surface area contributed by atoms with Crippen molar-refractivity contribution in [2.75, 3.05) is 21.3 Å². The molecule has 0 aromatic heterocycles. The molecule has 0 saturated heterocycles. The first-order chi connectivity index (χ1) is 12.1. The molecule has 5 nitrogen and oxygen atoms in total. The largest absolute Gasteiger partial charge is 0.497 e. The first-order valence-corrected chi connectivity index (χ1v) is 7.66. The highest BCUT2D eigenvalue weighted by molar-refractivity contribution is 6.05. The molecule has 3 rings (SSSR count). The maximum atomic E-state index is 12.2. The topological polar surface area (TPSA) is 54.0 Å². The maximum Gasteiger partial charge on any atom is 0.343 e. The van der Waals surface area contributed by atoms with Crippen molar-refractivity contribution in [2.24, 2.45) is 0 Å². The Morgan fingerprint density at radius 3 is 2.20 bits per heavy atom. The van der Waals surface area contributed by atoms with Crippen LogP contribution in [-0.4, -0.2) is 27.3 Å². The summed E-state index contributed by atoms with van der Waals surface area (Å²) >= 11 is 0. The van der Waals surface area contributed by atoms with E-state index in [1.807, 2.05) is 36.4 Å². The predicted molar refractivity (Wildman–Crippen MR) is 94.6 cm³/mol. The van der Waals surface area contributed by atoms with Crippen molar-refractivity contribution in [3.8, 4) is 17.2 Å². The fraction of sp³-hybridized carbons (Fsp3) is 0.150. The second-order valence-electron chi connectivity index (χ2n) is 5.33. The van der Waals surface area contributed by atoms with E-state index in [2.05, 4.69) is 0 Å². The monoisotopic (exact) mass is 338 g/mol. The number of ether oxygens (including phenoxy) is 4. The van der Waals surface area contributed by atoms with Crippen molar-refractivity contribution in [1.82, 2.24) is 0 Å². The average molecular weight is 338 g/mol. The lowest BCUT2D eigenvalue weighted by Gasteiger charge is -2.07. The maximum absolute atomic E-state index is 12.2. The smallest absolute Gasteiger partial charge is 0.343 e. The first-order valence-electron chi connectivity index (χ1n) is 7.66. The molecule has 0 unspecified atom stereocenters. The van der Waals surface area contributed by atoms with Crippen LogP contribution in [0.15, 0.2) is 54.1 Å². The normalized spacial score (nSPS) is 14.9. The van der Waals surface area contributed by atoms with Crippen molar-refractivity contribution in [1.29, 1.82) is 0 Å². The highest BCUT2D eigenvalue weighted by atomic mass is 16.5. The third-order valence-corrected chi connectivity index (χ3v) is 3.85. The molecule has 128 valence electrons. The zero-order chi connectivity index (χ0) is 17.8. The minimum Gasteiger partial charge on any atom is -0.497 e. The molecule has 0 N–H and O–H groups in total. The van der Waals surface area contributed by atoms with Crippen molar-refractivity contribution in [3.05, 3.63) is 65.2 Å². The molecule has 0 fully saturated rings. The number of hydrogen-bond donors (Lipinski definition) is 0. The Morgan fingerprint density at radius 1 is 0.880 bits per heavy atom. The van der Waals surface area contributed by atoms with Crippen LogP contribution in [0, 0.1) is 0 Å². The van der Waals surface area contributed by atoms with E-state index in [4.69, 9.17) is 18.9 Å². The number of benzene rings is 2. The van der Waals surface area contributed by atoms with Crippen molar-refractivity contribution < 1.29 is 23.7 Å². The van der Waals surface area contributed by atoms with E-state index < -0.39 is 5.97 Å². The van der Waals surface area contributed by atoms with Gasteiger partial charge in [-0.3, -0.25) is 0 Å². The van der Waals surface area contributed by atoms with Gasteiger partial charge in [-0.2, -0.15) is 0 Å². The van der Waals surface area contributed by atoms with Crippen LogP contribution in [0.4, 0.5) is 0 Å². The molecule has 0 bridgehead atoms. The number of hydrogen-bond acceptors (Lipinski definition) is 5. The van der Waals surface area contributed by atoms with E-state index in [1.165, 1.54) is 0 Å². The summed E-state index contributed by atoms with van der Waals surface area (Å²) in [7, 11) is 4.76. The van der Waals surface area contributed by atoms with E-state index in [0.29, 0.717) is 22.8 Å². The first kappa shape index (κ1) is 16.6. The Hall–Kier alpha value is -3.21. The van der Waals surface area contributed by atoms with Gasteiger partial charge in [0.05, 0.1) is 26.9 Å². The van der Waals surface area contributed by atoms with Gasteiger partial charge in [-0.15, -0.1) is 0 Å². The number of cyclic esters (lactones) is 1. The summed E-state index contributed by atoms with van der Waals surface area (Å²) in [5.41, 5.74) is 2.02. The van der Waals surface area contributed by atoms with E-state index in [0.717, 1.165) is 16.9 Å². The molecule has 0 radical (unpaired) electrons. The molecule has 25 heavy (non-hydrogen) atoms. The molecule has 0 spiro atoms. The molecule has 0 aliphatic carbocycles. The van der Waals surface area contributed by atoms with Crippen LogP contribution in [-0.2, 0) is 9.53 Å². The summed E-state index contributed by atoms with van der Waals surface area (Å²) in [5.74, 6) is 2.15. The lowest BCUT2D eigenvalue weighted by molar-refractivity contribution is -0.130. The zero-order valence-corrected chi connectivity index (χ0v) is 14.2. The lowest BCUT2D eigenvalue weighted by Crippen LogP contribution is -1.98. The molecule has 2 aromatic rings. The molecular weight excluding hydrogens is 320 g/mol. The fourth-order valence-corrected chi connectivity index (χ4v) is 2.49. The number of methoxy groups -OCH3 is 3. The van der Waals surface area contributed by atoms with Gasteiger partial charge in [0.15, 0.2) is 0 Å². The Kier molecular flexibility index (Phi) is 4.75. The Labute approximate surface area is 146 Å². The molecule has 1 aliphatic heterocycles. The third kappa shape index (κ3) is 3.50. The molecule has 2 aromatic carbocycles. The van der Waals surface area contributed by atoms with Gasteiger partial charge in [-0.1, -0.05) is 0 Å². The minimum atomic E-state index is -0.399. The minimum absolute atomic E-state index is 0.399. The molecule has 0 saturated carbocycles. The van der Waals surface area contributed by atoms with Crippen LogP contribution in [0.2, 0.25) is 0 Å². The zero-order valence-electron chi connectivity index (χ0n) is 14.2. The fourth-order valence-electron chi connectivity index (χ4n) is 2.49. The van der Waals surface area contributed by atoms with Crippen LogP contribution in [0.25, 0.3) is 11.8 Å². The molecular formula is C20H18O5. The van der Waals surface area contributed by atoms with Crippen LogP contribution in [0.5, 0.6) is 17.2 Å². The summed E-state index contributed by atoms with van der Waals surface area (Å²) in [6.45, 7) is 0. The number of rotatable bonds is 5. The summed E-state index contributed by atoms with van der Waals surface area (Å²) in [6.07, 6.45) is 3.45. The lowest BCUT2D eigenvalue weighted by atomic mass is 10.1.